The molecule has 0 saturated heterocycles. The second kappa shape index (κ2) is 6.40. The van der Waals surface area contributed by atoms with E-state index in [2.05, 4.69) is 30.5 Å². The summed E-state index contributed by atoms with van der Waals surface area (Å²) in [6.07, 6.45) is 2.12. The fourth-order valence-corrected chi connectivity index (χ4v) is 2.71. The Morgan fingerprint density at radius 3 is 2.86 bits per heavy atom. The molecule has 0 saturated carbocycles. The van der Waals surface area contributed by atoms with Crippen LogP contribution in [0.5, 0.6) is 11.5 Å². The van der Waals surface area contributed by atoms with Gasteiger partial charge in [0.05, 0.1) is 5.69 Å². The van der Waals surface area contributed by atoms with E-state index in [9.17, 15) is 0 Å². The number of fused-ring (bicyclic) bond motifs is 1. The molecule has 0 unspecified atom stereocenters. The van der Waals surface area contributed by atoms with Gasteiger partial charge in [-0.25, -0.2) is 0 Å². The maximum atomic E-state index is 5.94. The highest BCUT2D eigenvalue weighted by Crippen LogP contribution is 2.30. The molecule has 0 amide bonds. The van der Waals surface area contributed by atoms with E-state index in [-0.39, 0.29) is 6.10 Å². The van der Waals surface area contributed by atoms with Crippen molar-refractivity contribution in [3.8, 4) is 11.5 Å². The molecule has 1 atom stereocenters. The van der Waals surface area contributed by atoms with Crippen molar-refractivity contribution in [2.45, 2.75) is 32.4 Å². The summed E-state index contributed by atoms with van der Waals surface area (Å²) >= 11 is 0. The smallest absolute Gasteiger partial charge is 0.161 e. The summed E-state index contributed by atoms with van der Waals surface area (Å²) in [5.74, 6) is 2.08. The summed E-state index contributed by atoms with van der Waals surface area (Å²) in [6.45, 7) is 6.46. The predicted molar refractivity (Wildman–Crippen MR) is 85.4 cm³/mol. The molecule has 2 heterocycles. The number of hydrogen-bond donors (Lipinski definition) is 1. The van der Waals surface area contributed by atoms with Crippen LogP contribution in [0.1, 0.15) is 31.0 Å². The molecule has 1 aliphatic heterocycles. The van der Waals surface area contributed by atoms with Crippen molar-refractivity contribution in [3.05, 3.63) is 41.7 Å². The average molecular weight is 301 g/mol. The minimum Gasteiger partial charge on any atom is -0.486 e. The van der Waals surface area contributed by atoms with Crippen LogP contribution >= 0.6 is 0 Å². The number of rotatable bonds is 5. The standard InChI is InChI=1S/C17H23N3O2/c1-12(2)17-13(10-20(3)19-17)8-18-9-14-11-21-15-6-4-5-7-16(15)22-14/h4-7,10,12,14,18H,8-9,11H2,1-3H3/t14-/m0/s1. The summed E-state index contributed by atoms with van der Waals surface area (Å²) in [5.41, 5.74) is 2.40. The number of hydrogen-bond acceptors (Lipinski definition) is 4. The first-order valence-corrected chi connectivity index (χ1v) is 7.75. The van der Waals surface area contributed by atoms with Crippen LogP contribution in [0.15, 0.2) is 30.5 Å². The molecule has 0 bridgehead atoms. The molecule has 0 spiro atoms. The number of ether oxygens (including phenoxy) is 2. The number of aromatic nitrogens is 2. The maximum absolute atomic E-state index is 5.94. The Morgan fingerprint density at radius 1 is 1.32 bits per heavy atom. The largest absolute Gasteiger partial charge is 0.486 e. The Balaban J connectivity index is 1.54. The van der Waals surface area contributed by atoms with E-state index in [1.807, 2.05) is 36.0 Å². The monoisotopic (exact) mass is 301 g/mol. The third kappa shape index (κ3) is 3.25. The Labute approximate surface area is 131 Å². The van der Waals surface area contributed by atoms with Crippen molar-refractivity contribution in [3.63, 3.8) is 0 Å². The molecule has 1 aliphatic rings. The van der Waals surface area contributed by atoms with Crippen molar-refractivity contribution in [1.82, 2.24) is 15.1 Å². The van der Waals surface area contributed by atoms with E-state index >= 15 is 0 Å². The first-order valence-electron chi connectivity index (χ1n) is 7.75. The lowest BCUT2D eigenvalue weighted by atomic mass is 10.1. The van der Waals surface area contributed by atoms with E-state index in [1.54, 1.807) is 0 Å². The topological polar surface area (TPSA) is 48.3 Å². The molecule has 22 heavy (non-hydrogen) atoms. The van der Waals surface area contributed by atoms with Crippen LogP contribution in [-0.2, 0) is 13.6 Å². The fraction of sp³-hybridized carbons (Fsp3) is 0.471. The Hall–Kier alpha value is -2.01. The third-order valence-electron chi connectivity index (χ3n) is 3.74. The second-order valence-electron chi connectivity index (χ2n) is 6.00. The molecule has 1 aromatic heterocycles. The van der Waals surface area contributed by atoms with Gasteiger partial charge in [0, 0.05) is 31.9 Å². The van der Waals surface area contributed by atoms with Crippen LogP contribution in [0.25, 0.3) is 0 Å². The first kappa shape index (κ1) is 14.9. The lowest BCUT2D eigenvalue weighted by molar-refractivity contribution is 0.0902. The molecule has 0 aliphatic carbocycles. The van der Waals surface area contributed by atoms with Gasteiger partial charge < -0.3 is 14.8 Å². The quantitative estimate of drug-likeness (QED) is 0.921. The van der Waals surface area contributed by atoms with Crippen LogP contribution in [0.4, 0.5) is 0 Å². The summed E-state index contributed by atoms with van der Waals surface area (Å²) in [6, 6.07) is 7.79. The summed E-state index contributed by atoms with van der Waals surface area (Å²) in [5, 5.41) is 7.98. The Bertz CT molecular complexity index is 637. The van der Waals surface area contributed by atoms with Crippen LogP contribution in [0, 0.1) is 0 Å². The van der Waals surface area contributed by atoms with Crippen LogP contribution < -0.4 is 14.8 Å². The van der Waals surface area contributed by atoms with Crippen molar-refractivity contribution < 1.29 is 9.47 Å². The zero-order valence-corrected chi connectivity index (χ0v) is 13.4. The van der Waals surface area contributed by atoms with Gasteiger partial charge >= 0.3 is 0 Å². The number of nitrogens with zero attached hydrogens (tertiary/aromatic N) is 2. The molecule has 118 valence electrons. The van der Waals surface area contributed by atoms with Gasteiger partial charge in [0.25, 0.3) is 0 Å². The normalized spacial score (nSPS) is 17.0. The number of aryl methyl sites for hydroxylation is 1. The Kier molecular flexibility index (Phi) is 4.34. The van der Waals surface area contributed by atoms with E-state index in [0.717, 1.165) is 30.3 Å². The van der Waals surface area contributed by atoms with Crippen molar-refractivity contribution in [2.24, 2.45) is 7.05 Å². The molecule has 1 aromatic carbocycles. The van der Waals surface area contributed by atoms with Crippen LogP contribution in [0.2, 0.25) is 0 Å². The van der Waals surface area contributed by atoms with Crippen LogP contribution in [0.3, 0.4) is 0 Å². The summed E-state index contributed by atoms with van der Waals surface area (Å²) < 4.78 is 13.5. The van der Waals surface area contributed by atoms with Crippen molar-refractivity contribution >= 4 is 0 Å². The molecule has 0 radical (unpaired) electrons. The summed E-state index contributed by atoms with van der Waals surface area (Å²) in [7, 11) is 1.96. The molecule has 2 aromatic rings. The SMILES string of the molecule is CC(C)c1nn(C)cc1CNC[C@H]1COc2ccccc2O1. The highest BCUT2D eigenvalue weighted by atomic mass is 16.6. The molecule has 1 N–H and O–H groups in total. The maximum Gasteiger partial charge on any atom is 0.161 e. The first-order chi connectivity index (χ1) is 10.6. The fourth-order valence-electron chi connectivity index (χ4n) is 2.71. The Morgan fingerprint density at radius 2 is 2.09 bits per heavy atom. The van der Waals surface area contributed by atoms with E-state index in [4.69, 9.17) is 9.47 Å². The predicted octanol–water partition coefficient (Wildman–Crippen LogP) is 2.47. The van der Waals surface area contributed by atoms with Gasteiger partial charge in [0.2, 0.25) is 0 Å². The van der Waals surface area contributed by atoms with Gasteiger partial charge in [-0.3, -0.25) is 4.68 Å². The van der Waals surface area contributed by atoms with Gasteiger partial charge in [0.15, 0.2) is 11.5 Å². The highest BCUT2D eigenvalue weighted by Gasteiger charge is 2.20. The third-order valence-corrected chi connectivity index (χ3v) is 3.74. The van der Waals surface area contributed by atoms with Crippen molar-refractivity contribution in [2.75, 3.05) is 13.2 Å². The minimum atomic E-state index is 0.0362. The number of para-hydroxylation sites is 2. The molecular weight excluding hydrogens is 278 g/mol. The van der Waals surface area contributed by atoms with Crippen molar-refractivity contribution in [1.29, 1.82) is 0 Å². The molecular formula is C17H23N3O2. The lowest BCUT2D eigenvalue weighted by Crippen LogP contribution is -2.38. The molecule has 0 fully saturated rings. The lowest BCUT2D eigenvalue weighted by Gasteiger charge is -2.26. The van der Waals surface area contributed by atoms with E-state index in [1.165, 1.54) is 5.56 Å². The zero-order valence-electron chi connectivity index (χ0n) is 13.4. The van der Waals surface area contributed by atoms with Crippen LogP contribution in [-0.4, -0.2) is 29.0 Å². The minimum absolute atomic E-state index is 0.0362. The van der Waals surface area contributed by atoms with E-state index < -0.39 is 0 Å². The second-order valence-corrected chi connectivity index (χ2v) is 6.00. The average Bonchev–Trinajstić information content (AvgIpc) is 2.88. The highest BCUT2D eigenvalue weighted by molar-refractivity contribution is 5.40. The van der Waals surface area contributed by atoms with Gasteiger partial charge in [-0.15, -0.1) is 0 Å². The number of nitrogens with one attached hydrogen (secondary N) is 1. The molecule has 5 nitrogen and oxygen atoms in total. The molecule has 3 rings (SSSR count). The molecule has 5 heteroatoms. The van der Waals surface area contributed by atoms with Gasteiger partial charge in [-0.05, 0) is 18.1 Å². The van der Waals surface area contributed by atoms with Gasteiger partial charge in [0.1, 0.15) is 12.7 Å². The number of benzene rings is 1. The van der Waals surface area contributed by atoms with Gasteiger partial charge in [-0.1, -0.05) is 26.0 Å². The zero-order chi connectivity index (χ0) is 15.5. The van der Waals surface area contributed by atoms with E-state index in [0.29, 0.717) is 12.5 Å². The summed E-state index contributed by atoms with van der Waals surface area (Å²) in [4.78, 5) is 0. The van der Waals surface area contributed by atoms with Gasteiger partial charge in [-0.2, -0.15) is 5.10 Å².